The first-order valence-electron chi connectivity index (χ1n) is 5.79. The molecule has 1 N–H and O–H groups in total. The average Bonchev–Trinajstić information content (AvgIpc) is 2.19. The predicted octanol–water partition coefficient (Wildman–Crippen LogP) is 4.27. The van der Waals surface area contributed by atoms with E-state index in [2.05, 4.69) is 50.3 Å². The van der Waals surface area contributed by atoms with Gasteiger partial charge in [0.1, 0.15) is 0 Å². The topological polar surface area (TPSA) is 20.2 Å². The second-order valence-corrected chi connectivity index (χ2v) is 5.10. The third-order valence-corrected chi connectivity index (χ3v) is 3.24. The minimum absolute atomic E-state index is 0.342. The van der Waals surface area contributed by atoms with Crippen LogP contribution in [0.4, 0.5) is 0 Å². The van der Waals surface area contributed by atoms with Crippen LogP contribution in [0.25, 0.3) is 0 Å². The fraction of sp³-hybridized carbons (Fsp3) is 1.00. The number of aliphatic hydroxyl groups excluding tert-OH is 1. The Bertz CT molecular complexity index is 84.3. The molecule has 2 unspecified atom stereocenters. The van der Waals surface area contributed by atoms with E-state index >= 15 is 0 Å². The van der Waals surface area contributed by atoms with E-state index in [1.165, 1.54) is 23.7 Å². The number of hydrogen-bond acceptors (Lipinski definition) is 1. The van der Waals surface area contributed by atoms with Gasteiger partial charge < -0.3 is 5.11 Å². The molecule has 0 saturated heterocycles. The summed E-state index contributed by atoms with van der Waals surface area (Å²) >= 11 is 2.43. The first-order chi connectivity index (χ1) is 6.62. The molecule has 0 aliphatic rings. The molecule has 14 heavy (non-hydrogen) atoms. The highest BCUT2D eigenvalue weighted by Crippen LogP contribution is 2.07. The molecule has 0 aliphatic heterocycles. The quantitative estimate of drug-likeness (QED) is 0.573. The minimum Gasteiger partial charge on any atom is -0.396 e. The summed E-state index contributed by atoms with van der Waals surface area (Å²) in [7, 11) is 0. The van der Waals surface area contributed by atoms with Crippen molar-refractivity contribution >= 4 is 22.6 Å². The predicted molar refractivity (Wildman–Crippen MR) is 74.1 cm³/mol. The second-order valence-electron chi connectivity index (χ2n) is 4.02. The van der Waals surface area contributed by atoms with Crippen LogP contribution >= 0.6 is 22.6 Å². The van der Waals surface area contributed by atoms with Gasteiger partial charge in [-0.3, -0.25) is 0 Å². The highest BCUT2D eigenvalue weighted by molar-refractivity contribution is 14.1. The molecule has 0 aliphatic carbocycles. The van der Waals surface area contributed by atoms with Crippen molar-refractivity contribution in [3.8, 4) is 0 Å². The summed E-state index contributed by atoms with van der Waals surface area (Å²) < 4.78 is 1.31. The summed E-state index contributed by atoms with van der Waals surface area (Å²) in [6.07, 6.45) is 4.86. The lowest BCUT2D eigenvalue weighted by molar-refractivity contribution is 0.260. The monoisotopic (exact) mass is 314 g/mol. The number of hydrogen-bond donors (Lipinski definition) is 1. The van der Waals surface area contributed by atoms with Crippen molar-refractivity contribution < 1.29 is 5.11 Å². The van der Waals surface area contributed by atoms with E-state index in [-0.39, 0.29) is 0 Å². The summed E-state index contributed by atoms with van der Waals surface area (Å²) in [5.74, 6) is 1.64. The van der Waals surface area contributed by atoms with E-state index < -0.39 is 0 Å². The smallest absolute Gasteiger partial charge is 0.0433 e. The van der Waals surface area contributed by atoms with E-state index in [1.807, 2.05) is 0 Å². The van der Waals surface area contributed by atoms with Crippen LogP contribution in [0.2, 0.25) is 0 Å². The van der Waals surface area contributed by atoms with Crippen LogP contribution < -0.4 is 0 Å². The molecule has 0 fully saturated rings. The lowest BCUT2D eigenvalue weighted by atomic mass is 10.1. The number of halogens is 1. The number of alkyl halides is 1. The average molecular weight is 314 g/mol. The molecule has 1 nitrogen and oxygen atoms in total. The van der Waals surface area contributed by atoms with E-state index in [4.69, 9.17) is 5.11 Å². The van der Waals surface area contributed by atoms with Gasteiger partial charge in [-0.05, 0) is 29.1 Å². The lowest BCUT2D eigenvalue weighted by Crippen LogP contribution is -1.94. The summed E-state index contributed by atoms with van der Waals surface area (Å²) in [6, 6.07) is 0. The Labute approximate surface area is 104 Å². The summed E-state index contributed by atoms with van der Waals surface area (Å²) in [5.41, 5.74) is 0. The molecule has 0 aromatic heterocycles. The third kappa shape index (κ3) is 15.2. The fourth-order valence-corrected chi connectivity index (χ4v) is 1.88. The van der Waals surface area contributed by atoms with Gasteiger partial charge in [-0.25, -0.2) is 0 Å². The number of aliphatic hydroxyl groups is 1. The second kappa shape index (κ2) is 13.7. The maximum atomic E-state index is 8.37. The molecule has 0 aromatic carbocycles. The van der Waals surface area contributed by atoms with Crippen LogP contribution in [0, 0.1) is 11.8 Å². The zero-order valence-electron chi connectivity index (χ0n) is 10.2. The highest BCUT2D eigenvalue weighted by atomic mass is 127. The SMILES string of the molecule is CCC(C)CCI.CCC(C)CCO. The Kier molecular flexibility index (Phi) is 16.7. The maximum absolute atomic E-state index is 8.37. The van der Waals surface area contributed by atoms with Gasteiger partial charge in [0.05, 0.1) is 0 Å². The van der Waals surface area contributed by atoms with Crippen molar-refractivity contribution in [2.24, 2.45) is 11.8 Å². The first kappa shape index (κ1) is 17.1. The molecular weight excluding hydrogens is 287 g/mol. The van der Waals surface area contributed by atoms with Crippen LogP contribution in [0.5, 0.6) is 0 Å². The standard InChI is InChI=1S/C6H13I.C6H14O/c2*1-3-6(2)4-5-7/h6H,3-5H2,1-2H3;6-7H,3-5H2,1-2H3. The highest BCUT2D eigenvalue weighted by Gasteiger charge is 1.94. The third-order valence-electron chi connectivity index (χ3n) is 2.62. The van der Waals surface area contributed by atoms with E-state index in [0.717, 1.165) is 12.3 Å². The maximum Gasteiger partial charge on any atom is 0.0433 e. The molecular formula is C12H27IO. The molecule has 0 amide bonds. The van der Waals surface area contributed by atoms with E-state index in [1.54, 1.807) is 0 Å². The molecule has 2 atom stereocenters. The Morgan fingerprint density at radius 1 is 1.00 bits per heavy atom. The molecule has 0 radical (unpaired) electrons. The number of rotatable bonds is 6. The van der Waals surface area contributed by atoms with Crippen LogP contribution in [-0.2, 0) is 0 Å². The van der Waals surface area contributed by atoms with Crippen molar-refractivity contribution in [2.45, 2.75) is 53.4 Å². The van der Waals surface area contributed by atoms with Crippen molar-refractivity contribution in [3.63, 3.8) is 0 Å². The Morgan fingerprint density at radius 2 is 1.43 bits per heavy atom. The molecule has 0 bridgehead atoms. The van der Waals surface area contributed by atoms with Gasteiger partial charge in [-0.2, -0.15) is 0 Å². The molecule has 0 spiro atoms. The van der Waals surface area contributed by atoms with Crippen LogP contribution in [-0.4, -0.2) is 16.1 Å². The van der Waals surface area contributed by atoms with Crippen LogP contribution in [0.1, 0.15) is 53.4 Å². The summed E-state index contributed by atoms with van der Waals surface area (Å²) in [5, 5.41) is 8.37. The van der Waals surface area contributed by atoms with E-state index in [9.17, 15) is 0 Å². The van der Waals surface area contributed by atoms with Gasteiger partial charge in [0, 0.05) is 6.61 Å². The molecule has 0 rings (SSSR count). The van der Waals surface area contributed by atoms with Gasteiger partial charge in [-0.15, -0.1) is 0 Å². The largest absolute Gasteiger partial charge is 0.396 e. The molecule has 0 aromatic rings. The molecule has 0 heterocycles. The van der Waals surface area contributed by atoms with Crippen LogP contribution in [0.3, 0.4) is 0 Å². The lowest BCUT2D eigenvalue weighted by Gasteiger charge is -2.01. The Balaban J connectivity index is 0. The van der Waals surface area contributed by atoms with Gasteiger partial charge in [0.2, 0.25) is 0 Å². The summed E-state index contributed by atoms with van der Waals surface area (Å²) in [4.78, 5) is 0. The van der Waals surface area contributed by atoms with Crippen molar-refractivity contribution in [1.82, 2.24) is 0 Å². The first-order valence-corrected chi connectivity index (χ1v) is 7.31. The zero-order valence-corrected chi connectivity index (χ0v) is 12.4. The normalized spacial score (nSPS) is 14.1. The fourth-order valence-electron chi connectivity index (χ4n) is 0.815. The van der Waals surface area contributed by atoms with E-state index in [0.29, 0.717) is 12.5 Å². The Hall–Kier alpha value is 0.690. The Morgan fingerprint density at radius 3 is 1.57 bits per heavy atom. The molecule has 88 valence electrons. The van der Waals surface area contributed by atoms with Crippen molar-refractivity contribution in [1.29, 1.82) is 0 Å². The molecule has 2 heteroatoms. The van der Waals surface area contributed by atoms with Crippen molar-refractivity contribution in [3.05, 3.63) is 0 Å². The van der Waals surface area contributed by atoms with Gasteiger partial charge in [0.25, 0.3) is 0 Å². The van der Waals surface area contributed by atoms with Gasteiger partial charge in [0.15, 0.2) is 0 Å². The minimum atomic E-state index is 0.342. The van der Waals surface area contributed by atoms with Crippen LogP contribution in [0.15, 0.2) is 0 Å². The van der Waals surface area contributed by atoms with Crippen molar-refractivity contribution in [2.75, 3.05) is 11.0 Å². The van der Waals surface area contributed by atoms with Gasteiger partial charge >= 0.3 is 0 Å². The molecule has 0 saturated carbocycles. The summed E-state index contributed by atoms with van der Waals surface area (Å²) in [6.45, 7) is 9.18. The zero-order chi connectivity index (χ0) is 11.4. The van der Waals surface area contributed by atoms with Gasteiger partial charge in [-0.1, -0.05) is 63.1 Å².